The fourth-order valence-electron chi connectivity index (χ4n) is 16.4. The van der Waals surface area contributed by atoms with Gasteiger partial charge in [0.1, 0.15) is 0 Å². The second-order valence-electron chi connectivity index (χ2n) is 20.9. The maximum atomic E-state index is 14.3. The van der Waals surface area contributed by atoms with Crippen LogP contribution >= 0.6 is 0 Å². The highest BCUT2D eigenvalue weighted by molar-refractivity contribution is 5.97. The topological polar surface area (TPSA) is 58.2 Å². The van der Waals surface area contributed by atoms with Crippen molar-refractivity contribution < 1.29 is 9.59 Å². The fraction of sp³-hybridized carbons (Fsp3) is 0.870. The molecular formula is C46H70N2O2. The lowest BCUT2D eigenvalue weighted by atomic mass is 9.45. The Bertz CT molecular complexity index is 1320. The van der Waals surface area contributed by atoms with Gasteiger partial charge in [0, 0.05) is 34.1 Å². The molecule has 0 bridgehead atoms. The monoisotopic (exact) mass is 683 g/mol. The summed E-state index contributed by atoms with van der Waals surface area (Å²) >= 11 is 0. The minimum absolute atomic E-state index is 0.00145. The summed E-state index contributed by atoms with van der Waals surface area (Å²) in [5, 5.41) is 7.16. The Morgan fingerprint density at radius 3 is 1.36 bits per heavy atom. The summed E-state index contributed by atoms with van der Waals surface area (Å²) in [5.74, 6) is 6.70. The molecule has 7 saturated carbocycles. The van der Waals surface area contributed by atoms with E-state index < -0.39 is 0 Å². The minimum Gasteiger partial charge on any atom is -0.348 e. The Morgan fingerprint density at radius 2 is 0.920 bits per heavy atom. The number of hydrogen-bond donors (Lipinski definition) is 2. The van der Waals surface area contributed by atoms with Gasteiger partial charge < -0.3 is 10.6 Å². The van der Waals surface area contributed by atoms with Gasteiger partial charge in [-0.2, -0.15) is 0 Å². The number of fused-ring (bicyclic) bond motifs is 10. The number of nitrogens with one attached hydrogen (secondary N) is 2. The van der Waals surface area contributed by atoms with E-state index in [1.54, 1.807) is 0 Å². The molecular weight excluding hydrogens is 613 g/mol. The predicted molar refractivity (Wildman–Crippen MR) is 202 cm³/mol. The number of amides is 2. The molecule has 9 aliphatic rings. The van der Waals surface area contributed by atoms with Gasteiger partial charge in [-0.05, 0) is 161 Å². The standard InChI is InChI=1S/C46H70N2O2/c1-43-25-9-7-11-29(43)15-17-31-33-19-21-37(45(33,3)27-23-35(31)43)41(49)47-39-13-5-6-14-40(39)48-42(50)38-22-20-34-32-18-16-30-12-8-10-26-44(30,2)36(32)24-28-46(34,38)4/h21-22,29-36,39-40H,5-20,23-28H2,1-4H3,(H,47,49)(H,48,50)/t29-,30-,31+,32+,33+,34+,35+,36+,39+,40+,43+,44+,45+,46+/m1/s1. The van der Waals surface area contributed by atoms with Gasteiger partial charge >= 0.3 is 0 Å². The molecule has 0 spiro atoms. The first-order valence-corrected chi connectivity index (χ1v) is 22.1. The van der Waals surface area contributed by atoms with Crippen LogP contribution < -0.4 is 10.6 Å². The second-order valence-corrected chi connectivity index (χ2v) is 20.9. The van der Waals surface area contributed by atoms with Crippen molar-refractivity contribution in [2.24, 2.45) is 69.0 Å². The largest absolute Gasteiger partial charge is 0.348 e. The Morgan fingerprint density at radius 1 is 0.500 bits per heavy atom. The average molecular weight is 683 g/mol. The SMILES string of the molecule is C[C@]12CCCC[C@@H]1CC[C@@H]1[C@@H]2CC[C@]2(C)C(C(=O)N[C@H]3CCCC[C@@H]3NC(=O)C3=CC[C@H]4[C@@H]5CC[C@H]6CCCC[C@]6(C)[C@H]5CC[C@]34C)=CC[C@@H]12. The summed E-state index contributed by atoms with van der Waals surface area (Å²) < 4.78 is 0. The van der Waals surface area contributed by atoms with Gasteiger partial charge in [-0.25, -0.2) is 0 Å². The zero-order valence-electron chi connectivity index (χ0n) is 32.3. The number of hydrogen-bond acceptors (Lipinski definition) is 2. The molecule has 0 heterocycles. The predicted octanol–water partition coefficient (Wildman–Crippen LogP) is 10.5. The van der Waals surface area contributed by atoms with Gasteiger partial charge in [-0.3, -0.25) is 9.59 Å². The maximum absolute atomic E-state index is 14.3. The van der Waals surface area contributed by atoms with Crippen LogP contribution in [0.5, 0.6) is 0 Å². The van der Waals surface area contributed by atoms with Crippen molar-refractivity contribution in [2.45, 2.75) is 181 Å². The summed E-state index contributed by atoms with van der Waals surface area (Å²) in [6, 6.07) is 0.0547. The molecule has 7 fully saturated rings. The van der Waals surface area contributed by atoms with Gasteiger partial charge in [-0.1, -0.05) is 78.4 Å². The summed E-state index contributed by atoms with van der Waals surface area (Å²) in [6.07, 6.45) is 33.0. The summed E-state index contributed by atoms with van der Waals surface area (Å²) in [7, 11) is 0. The molecule has 4 nitrogen and oxygen atoms in total. The molecule has 4 heteroatoms. The Labute approximate surface area is 304 Å². The van der Waals surface area contributed by atoms with E-state index in [0.717, 1.165) is 85.2 Å². The Hall–Kier alpha value is -1.58. The van der Waals surface area contributed by atoms with Crippen molar-refractivity contribution in [3.8, 4) is 0 Å². The molecule has 2 N–H and O–H groups in total. The maximum Gasteiger partial charge on any atom is 0.247 e. The van der Waals surface area contributed by atoms with Crippen LogP contribution in [0.4, 0.5) is 0 Å². The molecule has 0 aliphatic heterocycles. The van der Waals surface area contributed by atoms with Crippen LogP contribution in [0.25, 0.3) is 0 Å². The molecule has 0 aromatic rings. The van der Waals surface area contributed by atoms with Gasteiger partial charge in [0.2, 0.25) is 11.8 Å². The van der Waals surface area contributed by atoms with E-state index in [-0.39, 0.29) is 34.7 Å². The van der Waals surface area contributed by atoms with Crippen LogP contribution in [0.3, 0.4) is 0 Å². The van der Waals surface area contributed by atoms with Crippen LogP contribution in [0.15, 0.2) is 23.3 Å². The normalized spacial score (nSPS) is 51.0. The quantitative estimate of drug-likeness (QED) is 0.310. The average Bonchev–Trinajstić information content (AvgIpc) is 3.65. The smallest absolute Gasteiger partial charge is 0.247 e. The molecule has 9 rings (SSSR count). The zero-order chi connectivity index (χ0) is 34.5. The molecule has 0 unspecified atom stereocenters. The van der Waals surface area contributed by atoms with E-state index in [1.165, 1.54) is 103 Å². The van der Waals surface area contributed by atoms with Crippen LogP contribution in [0, 0.1) is 69.0 Å². The molecule has 0 radical (unpaired) electrons. The lowest BCUT2D eigenvalue weighted by Crippen LogP contribution is -2.56. The summed E-state index contributed by atoms with van der Waals surface area (Å²) in [6.45, 7) is 10.2. The van der Waals surface area contributed by atoms with Gasteiger partial charge in [0.25, 0.3) is 0 Å². The van der Waals surface area contributed by atoms with E-state index in [4.69, 9.17) is 0 Å². The number of carbonyl (C=O) groups is 2. The molecule has 0 saturated heterocycles. The highest BCUT2D eigenvalue weighted by atomic mass is 16.2. The van der Waals surface area contributed by atoms with E-state index in [1.807, 2.05) is 0 Å². The second kappa shape index (κ2) is 12.5. The third kappa shape index (κ3) is 5.07. The van der Waals surface area contributed by atoms with Crippen molar-refractivity contribution in [3.63, 3.8) is 0 Å². The van der Waals surface area contributed by atoms with Crippen molar-refractivity contribution in [2.75, 3.05) is 0 Å². The third-order valence-corrected chi connectivity index (χ3v) is 19.2. The van der Waals surface area contributed by atoms with E-state index >= 15 is 0 Å². The van der Waals surface area contributed by atoms with Crippen LogP contribution in [0.2, 0.25) is 0 Å². The molecule has 0 aromatic carbocycles. The molecule has 50 heavy (non-hydrogen) atoms. The van der Waals surface area contributed by atoms with Gasteiger partial charge in [-0.15, -0.1) is 0 Å². The highest BCUT2D eigenvalue weighted by Crippen LogP contribution is 2.68. The van der Waals surface area contributed by atoms with Crippen molar-refractivity contribution in [1.82, 2.24) is 10.6 Å². The van der Waals surface area contributed by atoms with Crippen molar-refractivity contribution in [1.29, 1.82) is 0 Å². The van der Waals surface area contributed by atoms with E-state index in [2.05, 4.69) is 50.5 Å². The van der Waals surface area contributed by atoms with Gasteiger partial charge in [0.05, 0.1) is 0 Å². The molecule has 9 aliphatic carbocycles. The molecule has 2 amide bonds. The number of allylic oxidation sites excluding steroid dienone is 2. The van der Waals surface area contributed by atoms with Crippen LogP contribution in [0.1, 0.15) is 169 Å². The third-order valence-electron chi connectivity index (χ3n) is 19.2. The molecule has 276 valence electrons. The lowest BCUT2D eigenvalue weighted by Gasteiger charge is -2.60. The first-order valence-electron chi connectivity index (χ1n) is 22.1. The van der Waals surface area contributed by atoms with Crippen LogP contribution in [-0.2, 0) is 9.59 Å². The van der Waals surface area contributed by atoms with Crippen LogP contribution in [-0.4, -0.2) is 23.9 Å². The molecule has 0 aromatic heterocycles. The summed E-state index contributed by atoms with van der Waals surface area (Å²) in [5.41, 5.74) is 3.22. The van der Waals surface area contributed by atoms with E-state index in [9.17, 15) is 9.59 Å². The summed E-state index contributed by atoms with van der Waals surface area (Å²) in [4.78, 5) is 28.6. The lowest BCUT2D eigenvalue weighted by molar-refractivity contribution is -0.125. The number of carbonyl (C=O) groups excluding carboxylic acids is 2. The first kappa shape index (κ1) is 34.2. The zero-order valence-corrected chi connectivity index (χ0v) is 32.3. The Kier molecular flexibility index (Phi) is 8.55. The number of rotatable bonds is 4. The van der Waals surface area contributed by atoms with Crippen molar-refractivity contribution >= 4 is 11.8 Å². The first-order chi connectivity index (χ1) is 24.1. The van der Waals surface area contributed by atoms with Crippen molar-refractivity contribution in [3.05, 3.63) is 23.3 Å². The minimum atomic E-state index is 0.00145. The van der Waals surface area contributed by atoms with E-state index in [0.29, 0.717) is 22.7 Å². The molecule has 14 atom stereocenters. The fourth-order valence-corrected chi connectivity index (χ4v) is 16.4. The Balaban J connectivity index is 0.856. The van der Waals surface area contributed by atoms with Gasteiger partial charge in [0.15, 0.2) is 0 Å². The highest BCUT2D eigenvalue weighted by Gasteiger charge is 2.60.